The van der Waals surface area contributed by atoms with Crippen molar-refractivity contribution in [1.29, 1.82) is 0 Å². The predicted octanol–water partition coefficient (Wildman–Crippen LogP) is 1.48. The molecule has 0 saturated carbocycles. The van der Waals surface area contributed by atoms with Crippen molar-refractivity contribution in [2.45, 2.75) is 20.8 Å². The van der Waals surface area contributed by atoms with Gasteiger partial charge < -0.3 is 4.90 Å². The van der Waals surface area contributed by atoms with Crippen molar-refractivity contribution < 1.29 is 18.0 Å². The van der Waals surface area contributed by atoms with Crippen LogP contribution in [-0.4, -0.2) is 44.0 Å². The molecule has 120 valence electrons. The van der Waals surface area contributed by atoms with Gasteiger partial charge in [-0.25, -0.2) is 12.7 Å². The van der Waals surface area contributed by atoms with Crippen LogP contribution in [0.4, 0.5) is 5.69 Å². The highest BCUT2D eigenvalue weighted by atomic mass is 32.2. The van der Waals surface area contributed by atoms with E-state index < -0.39 is 21.8 Å². The van der Waals surface area contributed by atoms with Gasteiger partial charge in [0.25, 0.3) is 5.91 Å². The first-order valence-electron chi connectivity index (χ1n) is 7.28. The molecule has 0 aromatic heterocycles. The van der Waals surface area contributed by atoms with Gasteiger partial charge in [0.05, 0.1) is 17.4 Å². The quantitative estimate of drug-likeness (QED) is 0.841. The lowest BCUT2D eigenvalue weighted by Crippen LogP contribution is -2.31. The maximum atomic E-state index is 12.2. The van der Waals surface area contributed by atoms with Gasteiger partial charge in [0.1, 0.15) is 0 Å². The molecule has 0 unspecified atom stereocenters. The summed E-state index contributed by atoms with van der Waals surface area (Å²) in [7, 11) is -3.61. The van der Waals surface area contributed by atoms with Crippen LogP contribution in [0.15, 0.2) is 24.3 Å². The molecule has 1 aliphatic heterocycles. The maximum Gasteiger partial charge on any atom is 0.253 e. The fourth-order valence-electron chi connectivity index (χ4n) is 2.52. The third-order valence-corrected chi connectivity index (χ3v) is 5.63. The maximum absolute atomic E-state index is 12.2. The third kappa shape index (κ3) is 2.85. The van der Waals surface area contributed by atoms with Crippen molar-refractivity contribution in [3.05, 3.63) is 29.8 Å². The van der Waals surface area contributed by atoms with Crippen LogP contribution in [-0.2, 0) is 14.8 Å². The molecule has 22 heavy (non-hydrogen) atoms. The zero-order chi connectivity index (χ0) is 16.5. The molecular formula is C15H20N2O4S. The molecule has 1 aromatic rings. The molecule has 0 radical (unpaired) electrons. The van der Waals surface area contributed by atoms with E-state index in [1.54, 1.807) is 24.0 Å². The number of rotatable bonds is 4. The second-order valence-electron chi connectivity index (χ2n) is 5.31. The Bertz CT molecular complexity index is 678. The fraction of sp³-hybridized carbons (Fsp3) is 0.467. The summed E-state index contributed by atoms with van der Waals surface area (Å²) in [6.45, 7) is 6.60. The summed E-state index contributed by atoms with van der Waals surface area (Å²) in [4.78, 5) is 25.9. The van der Waals surface area contributed by atoms with Crippen LogP contribution in [0, 0.1) is 5.92 Å². The molecular weight excluding hydrogens is 304 g/mol. The largest absolute Gasteiger partial charge is 0.339 e. The molecule has 1 heterocycles. The second-order valence-corrected chi connectivity index (χ2v) is 7.17. The normalized spacial score (nSPS) is 20.2. The van der Waals surface area contributed by atoms with Gasteiger partial charge in [-0.05, 0) is 38.1 Å². The Morgan fingerprint density at radius 3 is 2.18 bits per heavy atom. The van der Waals surface area contributed by atoms with Crippen molar-refractivity contribution in [3.8, 4) is 0 Å². The number of sulfonamides is 1. The van der Waals surface area contributed by atoms with Crippen molar-refractivity contribution in [1.82, 2.24) is 4.90 Å². The number of nitrogens with zero attached hydrogens (tertiary/aromatic N) is 2. The molecule has 7 heteroatoms. The van der Waals surface area contributed by atoms with E-state index in [4.69, 9.17) is 0 Å². The lowest BCUT2D eigenvalue weighted by atomic mass is 10.1. The average molecular weight is 324 g/mol. The Morgan fingerprint density at radius 2 is 1.77 bits per heavy atom. The minimum atomic E-state index is -3.61. The average Bonchev–Trinajstić information content (AvgIpc) is 2.68. The first kappa shape index (κ1) is 16.5. The summed E-state index contributed by atoms with van der Waals surface area (Å²) < 4.78 is 24.9. The van der Waals surface area contributed by atoms with Gasteiger partial charge in [0.15, 0.2) is 0 Å². The van der Waals surface area contributed by atoms with Crippen molar-refractivity contribution in [3.63, 3.8) is 0 Å². The Balaban J connectivity index is 2.30. The van der Waals surface area contributed by atoms with Crippen LogP contribution in [0.2, 0.25) is 0 Å². The Kier molecular flexibility index (Phi) is 4.55. The highest BCUT2D eigenvalue weighted by Crippen LogP contribution is 2.28. The van der Waals surface area contributed by atoms with Gasteiger partial charge in [-0.3, -0.25) is 9.59 Å². The highest BCUT2D eigenvalue weighted by molar-refractivity contribution is 7.94. The molecule has 2 amide bonds. The molecule has 1 aliphatic rings. The molecule has 1 atom stereocenters. The van der Waals surface area contributed by atoms with Crippen LogP contribution in [0.3, 0.4) is 0 Å². The van der Waals surface area contributed by atoms with E-state index in [0.717, 1.165) is 4.31 Å². The summed E-state index contributed by atoms with van der Waals surface area (Å²) >= 11 is 0. The summed E-state index contributed by atoms with van der Waals surface area (Å²) in [6, 6.07) is 6.12. The number of hydrogen-bond donors (Lipinski definition) is 0. The van der Waals surface area contributed by atoms with Gasteiger partial charge in [0, 0.05) is 18.7 Å². The van der Waals surface area contributed by atoms with E-state index in [1.165, 1.54) is 12.1 Å². The van der Waals surface area contributed by atoms with E-state index in [2.05, 4.69) is 0 Å². The fourth-order valence-corrected chi connectivity index (χ4v) is 4.34. The zero-order valence-corrected chi connectivity index (χ0v) is 13.8. The SMILES string of the molecule is CCN(CC)C(=O)c1ccc(N2C(=O)[C@@H](C)CS2(=O)=O)cc1. The first-order valence-corrected chi connectivity index (χ1v) is 8.89. The van der Waals surface area contributed by atoms with Crippen molar-refractivity contribution in [2.24, 2.45) is 5.92 Å². The smallest absolute Gasteiger partial charge is 0.253 e. The van der Waals surface area contributed by atoms with E-state index in [0.29, 0.717) is 18.7 Å². The summed E-state index contributed by atoms with van der Waals surface area (Å²) in [5.41, 5.74) is 0.759. The van der Waals surface area contributed by atoms with Crippen molar-refractivity contribution in [2.75, 3.05) is 23.1 Å². The number of carbonyl (C=O) groups excluding carboxylic acids is 2. The Morgan fingerprint density at radius 1 is 1.23 bits per heavy atom. The standard InChI is InChI=1S/C15H20N2O4S/c1-4-16(5-2)15(19)12-6-8-13(9-7-12)17-14(18)11(3)10-22(17,20)21/h6-9,11H,4-5,10H2,1-3H3/t11-/m0/s1. The Labute approximate surface area is 130 Å². The molecule has 1 saturated heterocycles. The van der Waals surface area contributed by atoms with Crippen LogP contribution in [0.1, 0.15) is 31.1 Å². The molecule has 2 rings (SSSR count). The molecule has 6 nitrogen and oxygen atoms in total. The molecule has 0 aliphatic carbocycles. The monoisotopic (exact) mass is 324 g/mol. The first-order chi connectivity index (χ1) is 10.3. The minimum Gasteiger partial charge on any atom is -0.339 e. The highest BCUT2D eigenvalue weighted by Gasteiger charge is 2.41. The van der Waals surface area contributed by atoms with Gasteiger partial charge >= 0.3 is 0 Å². The van der Waals surface area contributed by atoms with Crippen LogP contribution in [0.25, 0.3) is 0 Å². The lowest BCUT2D eigenvalue weighted by molar-refractivity contribution is -0.119. The molecule has 0 spiro atoms. The number of amides is 2. The summed E-state index contributed by atoms with van der Waals surface area (Å²) in [5.74, 6) is -1.25. The van der Waals surface area contributed by atoms with Gasteiger partial charge in [0.2, 0.25) is 15.9 Å². The van der Waals surface area contributed by atoms with E-state index in [-0.39, 0.29) is 17.3 Å². The van der Waals surface area contributed by atoms with Gasteiger partial charge in [-0.15, -0.1) is 0 Å². The zero-order valence-electron chi connectivity index (χ0n) is 12.9. The van der Waals surface area contributed by atoms with Crippen LogP contribution < -0.4 is 4.31 Å². The molecule has 0 bridgehead atoms. The molecule has 1 aromatic carbocycles. The number of hydrogen-bond acceptors (Lipinski definition) is 4. The van der Waals surface area contributed by atoms with Crippen molar-refractivity contribution >= 4 is 27.5 Å². The second kappa shape index (κ2) is 6.08. The minimum absolute atomic E-state index is 0.111. The lowest BCUT2D eigenvalue weighted by Gasteiger charge is -2.19. The van der Waals surface area contributed by atoms with Crippen LogP contribution in [0.5, 0.6) is 0 Å². The van der Waals surface area contributed by atoms with Gasteiger partial charge in [-0.1, -0.05) is 6.92 Å². The number of benzene rings is 1. The molecule has 1 fully saturated rings. The summed E-state index contributed by atoms with van der Waals surface area (Å²) in [5, 5.41) is 0. The Hall–Kier alpha value is -1.89. The van der Waals surface area contributed by atoms with E-state index in [9.17, 15) is 18.0 Å². The van der Waals surface area contributed by atoms with Crippen LogP contribution >= 0.6 is 0 Å². The summed E-state index contributed by atoms with van der Waals surface area (Å²) in [6.07, 6.45) is 0. The topological polar surface area (TPSA) is 74.8 Å². The van der Waals surface area contributed by atoms with E-state index in [1.807, 2.05) is 13.8 Å². The third-order valence-electron chi connectivity index (χ3n) is 3.76. The molecule has 0 N–H and O–H groups in total. The van der Waals surface area contributed by atoms with E-state index >= 15 is 0 Å². The number of anilines is 1. The number of carbonyl (C=O) groups is 2. The van der Waals surface area contributed by atoms with Gasteiger partial charge in [-0.2, -0.15) is 0 Å². The predicted molar refractivity (Wildman–Crippen MR) is 84.1 cm³/mol.